The number of benzene rings is 2. The third-order valence-electron chi connectivity index (χ3n) is 4.89. The number of nitrogens with zero attached hydrogens (tertiary/aromatic N) is 3. The van der Waals surface area contributed by atoms with Gasteiger partial charge in [-0.25, -0.2) is 4.98 Å². The summed E-state index contributed by atoms with van der Waals surface area (Å²) >= 11 is 0. The third-order valence-corrected chi connectivity index (χ3v) is 4.89. The minimum Gasteiger partial charge on any atom is -0.491 e. The first-order chi connectivity index (χ1) is 14.6. The van der Waals surface area contributed by atoms with E-state index in [0.29, 0.717) is 43.2 Å². The zero-order valence-corrected chi connectivity index (χ0v) is 16.7. The number of nitrogens with one attached hydrogen (secondary N) is 1. The lowest BCUT2D eigenvalue weighted by atomic mass is 10.1. The lowest BCUT2D eigenvalue weighted by molar-refractivity contribution is 0.0726. The molecule has 2 amide bonds. The first-order valence-electron chi connectivity index (χ1n) is 9.76. The highest BCUT2D eigenvalue weighted by Crippen LogP contribution is 2.25. The molecule has 0 atom stereocenters. The topological polar surface area (TPSA) is 84.4 Å². The van der Waals surface area contributed by atoms with Crippen molar-refractivity contribution >= 4 is 11.8 Å². The van der Waals surface area contributed by atoms with Crippen LogP contribution in [0, 0.1) is 6.92 Å². The molecule has 1 N–H and O–H groups in total. The van der Waals surface area contributed by atoms with Gasteiger partial charge in [0.05, 0.1) is 18.4 Å². The Morgan fingerprint density at radius 1 is 1.10 bits per heavy atom. The lowest BCUT2D eigenvalue weighted by Crippen LogP contribution is -2.33. The summed E-state index contributed by atoms with van der Waals surface area (Å²) in [6.07, 6.45) is 3.06. The fraction of sp³-hybridized carbons (Fsp3) is 0.217. The van der Waals surface area contributed by atoms with E-state index in [1.54, 1.807) is 29.3 Å². The van der Waals surface area contributed by atoms with Gasteiger partial charge in [0.25, 0.3) is 11.8 Å². The van der Waals surface area contributed by atoms with E-state index in [0.717, 1.165) is 16.8 Å². The Balaban J connectivity index is 1.49. The highest BCUT2D eigenvalue weighted by Gasteiger charge is 2.23. The molecule has 1 aliphatic rings. The molecular weight excluding hydrogens is 380 g/mol. The molecule has 1 aromatic heterocycles. The van der Waals surface area contributed by atoms with Gasteiger partial charge in [-0.3, -0.25) is 14.6 Å². The van der Waals surface area contributed by atoms with E-state index in [4.69, 9.17) is 4.74 Å². The molecule has 0 saturated heterocycles. The Morgan fingerprint density at radius 3 is 2.70 bits per heavy atom. The number of carbonyl (C=O) groups excluding carboxylic acids is 2. The highest BCUT2D eigenvalue weighted by atomic mass is 16.5. The first kappa shape index (κ1) is 19.6. The van der Waals surface area contributed by atoms with Gasteiger partial charge in [0.2, 0.25) is 0 Å². The number of aromatic nitrogens is 2. The van der Waals surface area contributed by atoms with Crippen LogP contribution in [0.25, 0.3) is 0 Å². The van der Waals surface area contributed by atoms with Gasteiger partial charge in [-0.05, 0) is 30.7 Å². The molecule has 3 aromatic rings. The summed E-state index contributed by atoms with van der Waals surface area (Å²) in [4.78, 5) is 35.4. The van der Waals surface area contributed by atoms with Gasteiger partial charge in [-0.2, -0.15) is 0 Å². The number of fused-ring (bicyclic) bond motifs is 1. The van der Waals surface area contributed by atoms with Gasteiger partial charge in [0.15, 0.2) is 0 Å². The standard InChI is InChI=1S/C23H22N4O3/c1-16-12-25-20(14-24-16)23(29)27-9-10-30-21-8-7-18(11-19(21)15-27)22(28)26-13-17-5-3-2-4-6-17/h2-8,11-12,14H,9-10,13,15H2,1H3,(H,26,28). The van der Waals surface area contributed by atoms with Crippen LogP contribution < -0.4 is 10.1 Å². The van der Waals surface area contributed by atoms with Gasteiger partial charge < -0.3 is 15.0 Å². The summed E-state index contributed by atoms with van der Waals surface area (Å²) < 4.78 is 5.79. The maximum atomic E-state index is 12.8. The third kappa shape index (κ3) is 4.46. The Morgan fingerprint density at radius 2 is 1.93 bits per heavy atom. The van der Waals surface area contributed by atoms with Crippen molar-refractivity contribution < 1.29 is 14.3 Å². The molecule has 1 aliphatic heterocycles. The molecule has 30 heavy (non-hydrogen) atoms. The summed E-state index contributed by atoms with van der Waals surface area (Å²) in [5.41, 5.74) is 3.38. The second kappa shape index (κ2) is 8.73. The molecule has 2 heterocycles. The van der Waals surface area contributed by atoms with Gasteiger partial charge in [0, 0.05) is 30.4 Å². The zero-order chi connectivity index (χ0) is 20.9. The summed E-state index contributed by atoms with van der Waals surface area (Å²) in [6, 6.07) is 15.0. The van der Waals surface area contributed by atoms with Gasteiger partial charge in [0.1, 0.15) is 18.1 Å². The number of amides is 2. The number of carbonyl (C=O) groups is 2. The van der Waals surface area contributed by atoms with Crippen LogP contribution in [0.1, 0.15) is 37.7 Å². The largest absolute Gasteiger partial charge is 0.491 e. The summed E-state index contributed by atoms with van der Waals surface area (Å²) in [5.74, 6) is 0.297. The average molecular weight is 402 g/mol. The fourth-order valence-corrected chi connectivity index (χ4v) is 3.25. The molecule has 0 saturated carbocycles. The van der Waals surface area contributed by atoms with E-state index < -0.39 is 0 Å². The number of hydrogen-bond acceptors (Lipinski definition) is 5. The zero-order valence-electron chi connectivity index (χ0n) is 16.7. The molecule has 0 radical (unpaired) electrons. The van der Waals surface area contributed by atoms with Gasteiger partial charge in [-0.1, -0.05) is 30.3 Å². The monoisotopic (exact) mass is 402 g/mol. The molecule has 7 nitrogen and oxygen atoms in total. The average Bonchev–Trinajstić information content (AvgIpc) is 3.00. The van der Waals surface area contributed by atoms with Crippen molar-refractivity contribution in [3.8, 4) is 5.75 Å². The Labute approximate surface area is 174 Å². The van der Waals surface area contributed by atoms with Crippen LogP contribution in [0.3, 0.4) is 0 Å². The molecule has 0 fully saturated rings. The van der Waals surface area contributed by atoms with Crippen molar-refractivity contribution in [1.29, 1.82) is 0 Å². The molecule has 152 valence electrons. The van der Waals surface area contributed by atoms with E-state index in [1.807, 2.05) is 37.3 Å². The van der Waals surface area contributed by atoms with Gasteiger partial charge in [-0.15, -0.1) is 0 Å². The molecule has 0 unspecified atom stereocenters. The fourth-order valence-electron chi connectivity index (χ4n) is 3.25. The number of hydrogen-bond donors (Lipinski definition) is 1. The van der Waals surface area contributed by atoms with Crippen LogP contribution >= 0.6 is 0 Å². The normalized spacial score (nSPS) is 13.0. The number of ether oxygens (including phenoxy) is 1. The Bertz CT molecular complexity index is 1050. The number of aryl methyl sites for hydroxylation is 1. The van der Waals surface area contributed by atoms with Crippen LogP contribution in [-0.4, -0.2) is 39.8 Å². The van der Waals surface area contributed by atoms with Crippen molar-refractivity contribution in [2.45, 2.75) is 20.0 Å². The highest BCUT2D eigenvalue weighted by molar-refractivity contribution is 5.95. The maximum Gasteiger partial charge on any atom is 0.274 e. The van der Waals surface area contributed by atoms with Crippen LogP contribution in [-0.2, 0) is 13.1 Å². The Kier molecular flexibility index (Phi) is 5.70. The second-order valence-corrected chi connectivity index (χ2v) is 7.11. The van der Waals surface area contributed by atoms with Crippen molar-refractivity contribution in [3.63, 3.8) is 0 Å². The molecule has 4 rings (SSSR count). The second-order valence-electron chi connectivity index (χ2n) is 7.11. The SMILES string of the molecule is Cc1cnc(C(=O)N2CCOc3ccc(C(=O)NCc4ccccc4)cc3C2)cn1. The lowest BCUT2D eigenvalue weighted by Gasteiger charge is -2.19. The predicted molar refractivity (Wildman–Crippen MR) is 111 cm³/mol. The van der Waals surface area contributed by atoms with Crippen LogP contribution in [0.2, 0.25) is 0 Å². The Hall–Kier alpha value is -3.74. The van der Waals surface area contributed by atoms with Crippen molar-refractivity contribution in [2.75, 3.05) is 13.2 Å². The minimum absolute atomic E-state index is 0.173. The molecule has 0 bridgehead atoms. The summed E-state index contributed by atoms with van der Waals surface area (Å²) in [6.45, 7) is 3.41. The van der Waals surface area contributed by atoms with Crippen LogP contribution in [0.4, 0.5) is 0 Å². The quantitative estimate of drug-likeness (QED) is 0.725. The van der Waals surface area contributed by atoms with Crippen molar-refractivity contribution in [2.24, 2.45) is 0 Å². The molecule has 0 spiro atoms. The maximum absolute atomic E-state index is 12.8. The minimum atomic E-state index is -0.210. The summed E-state index contributed by atoms with van der Waals surface area (Å²) in [5, 5.41) is 2.92. The molecule has 7 heteroatoms. The number of rotatable bonds is 4. The molecular formula is C23H22N4O3. The van der Waals surface area contributed by atoms with E-state index >= 15 is 0 Å². The van der Waals surface area contributed by atoms with Crippen LogP contribution in [0.15, 0.2) is 60.9 Å². The first-order valence-corrected chi connectivity index (χ1v) is 9.76. The van der Waals surface area contributed by atoms with Crippen molar-refractivity contribution in [1.82, 2.24) is 20.2 Å². The molecule has 2 aromatic carbocycles. The van der Waals surface area contributed by atoms with Crippen LogP contribution in [0.5, 0.6) is 5.75 Å². The molecule has 0 aliphatic carbocycles. The van der Waals surface area contributed by atoms with E-state index in [2.05, 4.69) is 15.3 Å². The smallest absolute Gasteiger partial charge is 0.274 e. The van der Waals surface area contributed by atoms with Crippen molar-refractivity contribution in [3.05, 3.63) is 89.0 Å². The van der Waals surface area contributed by atoms with Gasteiger partial charge >= 0.3 is 0 Å². The van der Waals surface area contributed by atoms with E-state index in [1.165, 1.54) is 6.20 Å². The summed E-state index contributed by atoms with van der Waals surface area (Å²) in [7, 11) is 0. The van der Waals surface area contributed by atoms with E-state index in [-0.39, 0.29) is 11.8 Å². The predicted octanol–water partition coefficient (Wildman–Crippen LogP) is 2.75. The van der Waals surface area contributed by atoms with E-state index in [9.17, 15) is 9.59 Å².